The van der Waals surface area contributed by atoms with E-state index in [1.165, 1.54) is 18.2 Å². The first kappa shape index (κ1) is 22.5. The second-order valence-electron chi connectivity index (χ2n) is 7.40. The Morgan fingerprint density at radius 3 is 2.48 bits per heavy atom. The third kappa shape index (κ3) is 5.40. The lowest BCUT2D eigenvalue weighted by Gasteiger charge is -2.35. The van der Waals surface area contributed by atoms with Crippen LogP contribution in [0.25, 0.3) is 0 Å². The van der Waals surface area contributed by atoms with Crippen LogP contribution in [0.1, 0.15) is 10.4 Å². The van der Waals surface area contributed by atoms with Gasteiger partial charge in [0.05, 0.1) is 16.3 Å². The van der Waals surface area contributed by atoms with Crippen molar-refractivity contribution in [1.29, 1.82) is 0 Å². The molecule has 0 bridgehead atoms. The van der Waals surface area contributed by atoms with Crippen LogP contribution < -0.4 is 15.0 Å². The van der Waals surface area contributed by atoms with Crippen LogP contribution in [0.15, 0.2) is 66.9 Å². The van der Waals surface area contributed by atoms with E-state index in [0.29, 0.717) is 48.3 Å². The number of para-hydroxylation sites is 2. The van der Waals surface area contributed by atoms with Crippen molar-refractivity contribution in [3.63, 3.8) is 0 Å². The predicted molar refractivity (Wildman–Crippen MR) is 124 cm³/mol. The van der Waals surface area contributed by atoms with Crippen LogP contribution in [0, 0.1) is 5.82 Å². The summed E-state index contributed by atoms with van der Waals surface area (Å²) in [5.41, 5.74) is 0.432. The number of aromatic nitrogens is 1. The van der Waals surface area contributed by atoms with Crippen molar-refractivity contribution in [2.24, 2.45) is 0 Å². The molecule has 4 rings (SSSR count). The summed E-state index contributed by atoms with van der Waals surface area (Å²) >= 11 is 6.24. The molecule has 0 atom stereocenters. The zero-order valence-corrected chi connectivity index (χ0v) is 18.5. The number of rotatable bonds is 6. The first-order chi connectivity index (χ1) is 16.0. The zero-order valence-electron chi connectivity index (χ0n) is 17.7. The van der Waals surface area contributed by atoms with E-state index in [1.54, 1.807) is 53.6 Å². The average Bonchev–Trinajstić information content (AvgIpc) is 2.84. The fraction of sp³-hybridized carbons (Fsp3) is 0.208. The van der Waals surface area contributed by atoms with Gasteiger partial charge in [-0.05, 0) is 36.4 Å². The van der Waals surface area contributed by atoms with Crippen molar-refractivity contribution >= 4 is 34.9 Å². The Bertz CT molecular complexity index is 1150. The Labute approximate surface area is 195 Å². The molecular formula is C24H22ClFN4O3. The molecule has 1 aliphatic rings. The van der Waals surface area contributed by atoms with Crippen molar-refractivity contribution in [3.8, 4) is 5.75 Å². The van der Waals surface area contributed by atoms with Crippen LogP contribution in [0.2, 0.25) is 5.02 Å². The highest BCUT2D eigenvalue weighted by molar-refractivity contribution is 6.32. The van der Waals surface area contributed by atoms with E-state index >= 15 is 0 Å². The van der Waals surface area contributed by atoms with Gasteiger partial charge in [0, 0.05) is 32.4 Å². The van der Waals surface area contributed by atoms with Gasteiger partial charge in [0.25, 0.3) is 11.8 Å². The largest absolute Gasteiger partial charge is 0.483 e. The Kier molecular flexibility index (Phi) is 7.04. The lowest BCUT2D eigenvalue weighted by molar-refractivity contribution is -0.118. The Hall–Kier alpha value is -3.65. The first-order valence-corrected chi connectivity index (χ1v) is 10.8. The van der Waals surface area contributed by atoms with Crippen molar-refractivity contribution in [3.05, 3.63) is 83.3 Å². The summed E-state index contributed by atoms with van der Waals surface area (Å²) in [6.45, 7) is 1.82. The minimum Gasteiger partial charge on any atom is -0.483 e. The maximum absolute atomic E-state index is 13.7. The van der Waals surface area contributed by atoms with E-state index in [-0.39, 0.29) is 18.2 Å². The smallest absolute Gasteiger partial charge is 0.262 e. The number of hydrogen-bond acceptors (Lipinski definition) is 5. The molecule has 0 aliphatic carbocycles. The average molecular weight is 469 g/mol. The lowest BCUT2D eigenvalue weighted by atomic mass is 10.1. The van der Waals surface area contributed by atoms with Gasteiger partial charge in [-0.15, -0.1) is 0 Å². The number of pyridine rings is 1. The third-order valence-electron chi connectivity index (χ3n) is 5.23. The summed E-state index contributed by atoms with van der Waals surface area (Å²) in [5, 5.41) is 3.03. The third-order valence-corrected chi connectivity index (χ3v) is 5.52. The fourth-order valence-electron chi connectivity index (χ4n) is 3.56. The highest BCUT2D eigenvalue weighted by Crippen LogP contribution is 2.25. The number of nitrogens with zero attached hydrogens (tertiary/aromatic N) is 3. The number of ether oxygens (including phenoxy) is 1. The van der Waals surface area contributed by atoms with Crippen molar-refractivity contribution in [2.45, 2.75) is 0 Å². The van der Waals surface area contributed by atoms with Gasteiger partial charge in [-0.25, -0.2) is 9.37 Å². The fourth-order valence-corrected chi connectivity index (χ4v) is 3.80. The molecule has 1 aliphatic heterocycles. The summed E-state index contributed by atoms with van der Waals surface area (Å²) in [7, 11) is 0. The molecule has 0 unspecified atom stereocenters. The van der Waals surface area contributed by atoms with Gasteiger partial charge in [0.1, 0.15) is 17.4 Å². The second-order valence-corrected chi connectivity index (χ2v) is 7.81. The van der Waals surface area contributed by atoms with E-state index in [9.17, 15) is 14.0 Å². The van der Waals surface area contributed by atoms with Gasteiger partial charge in [-0.1, -0.05) is 35.9 Å². The molecule has 0 radical (unpaired) electrons. The number of anilines is 2. The van der Waals surface area contributed by atoms with Gasteiger partial charge in [-0.2, -0.15) is 0 Å². The quantitative estimate of drug-likeness (QED) is 0.594. The van der Waals surface area contributed by atoms with E-state index in [4.69, 9.17) is 16.3 Å². The molecule has 1 fully saturated rings. The molecule has 2 amide bonds. The molecule has 1 N–H and O–H groups in total. The topological polar surface area (TPSA) is 74.8 Å². The van der Waals surface area contributed by atoms with Crippen LogP contribution in [-0.2, 0) is 4.79 Å². The maximum Gasteiger partial charge on any atom is 0.262 e. The normalized spacial score (nSPS) is 13.5. The Balaban J connectivity index is 1.37. The van der Waals surface area contributed by atoms with Gasteiger partial charge in [0.2, 0.25) is 0 Å². The molecule has 0 spiro atoms. The molecule has 1 saturated heterocycles. The number of halogens is 2. The molecule has 0 saturated carbocycles. The standard InChI is InChI=1S/C24H22ClFN4O3/c25-18-7-5-11-27-23(18)29-12-14-30(15-13-29)24(32)17-6-1-4-10-21(17)33-16-22(31)28-20-9-3-2-8-19(20)26/h1-11H,12-16H2,(H,28,31). The molecule has 33 heavy (non-hydrogen) atoms. The van der Waals surface area contributed by atoms with E-state index in [1.807, 2.05) is 4.90 Å². The number of carbonyl (C=O) groups excluding carboxylic acids is 2. The molecule has 2 heterocycles. The molecular weight excluding hydrogens is 447 g/mol. The summed E-state index contributed by atoms with van der Waals surface area (Å²) in [5.74, 6) is -0.250. The number of piperazine rings is 1. The van der Waals surface area contributed by atoms with E-state index < -0.39 is 11.7 Å². The number of nitrogens with one attached hydrogen (secondary N) is 1. The molecule has 7 nitrogen and oxygen atoms in total. The number of carbonyl (C=O) groups is 2. The van der Waals surface area contributed by atoms with Crippen molar-refractivity contribution in [2.75, 3.05) is 43.0 Å². The van der Waals surface area contributed by atoms with E-state index in [2.05, 4.69) is 10.3 Å². The van der Waals surface area contributed by atoms with Gasteiger partial charge in [0.15, 0.2) is 6.61 Å². The van der Waals surface area contributed by atoms with Gasteiger partial charge in [-0.3, -0.25) is 9.59 Å². The lowest BCUT2D eigenvalue weighted by Crippen LogP contribution is -2.49. The van der Waals surface area contributed by atoms with Crippen molar-refractivity contribution in [1.82, 2.24) is 9.88 Å². The predicted octanol–water partition coefficient (Wildman–Crippen LogP) is 3.85. The zero-order chi connectivity index (χ0) is 23.2. The van der Waals surface area contributed by atoms with Crippen LogP contribution >= 0.6 is 11.6 Å². The minimum absolute atomic E-state index is 0.0707. The highest BCUT2D eigenvalue weighted by Gasteiger charge is 2.25. The maximum atomic E-state index is 13.7. The number of amides is 2. The van der Waals surface area contributed by atoms with Crippen LogP contribution in [0.4, 0.5) is 15.9 Å². The molecule has 170 valence electrons. The Morgan fingerprint density at radius 1 is 1.00 bits per heavy atom. The minimum atomic E-state index is -0.535. The van der Waals surface area contributed by atoms with Crippen LogP contribution in [0.3, 0.4) is 0 Å². The summed E-state index contributed by atoms with van der Waals surface area (Å²) < 4.78 is 19.3. The number of hydrogen-bond donors (Lipinski definition) is 1. The van der Waals surface area contributed by atoms with Gasteiger partial charge < -0.3 is 19.9 Å². The monoisotopic (exact) mass is 468 g/mol. The second kappa shape index (κ2) is 10.3. The van der Waals surface area contributed by atoms with Crippen molar-refractivity contribution < 1.29 is 18.7 Å². The molecule has 2 aromatic carbocycles. The van der Waals surface area contributed by atoms with Crippen LogP contribution in [-0.4, -0.2) is 54.5 Å². The first-order valence-electron chi connectivity index (χ1n) is 10.4. The molecule has 3 aromatic rings. The highest BCUT2D eigenvalue weighted by atomic mass is 35.5. The van der Waals surface area contributed by atoms with Crippen LogP contribution in [0.5, 0.6) is 5.75 Å². The van der Waals surface area contributed by atoms with Gasteiger partial charge >= 0.3 is 0 Å². The summed E-state index contributed by atoms with van der Waals surface area (Å²) in [4.78, 5) is 33.4. The SMILES string of the molecule is O=C(COc1ccccc1C(=O)N1CCN(c2ncccc2Cl)CC1)Nc1ccccc1F. The molecule has 1 aromatic heterocycles. The van der Waals surface area contributed by atoms with E-state index in [0.717, 1.165) is 0 Å². The summed E-state index contributed by atoms with van der Waals surface area (Å²) in [6.07, 6.45) is 1.69. The Morgan fingerprint density at radius 2 is 1.73 bits per heavy atom. The molecule has 9 heteroatoms. The summed E-state index contributed by atoms with van der Waals surface area (Å²) in [6, 6.07) is 16.2. The number of benzene rings is 2.